The van der Waals surface area contributed by atoms with Crippen molar-refractivity contribution in [2.24, 2.45) is 5.10 Å². The number of rotatable bonds is 3. The summed E-state index contributed by atoms with van der Waals surface area (Å²) < 4.78 is 0. The molecule has 0 aliphatic carbocycles. The average Bonchev–Trinajstić information content (AvgIpc) is 2.56. The second-order valence-electron chi connectivity index (χ2n) is 5.44. The summed E-state index contributed by atoms with van der Waals surface area (Å²) in [4.78, 5) is 11.9. The zero-order valence-electron chi connectivity index (χ0n) is 13.2. The first kappa shape index (κ1) is 16.8. The molecule has 2 aromatic rings. The van der Waals surface area contributed by atoms with Gasteiger partial charge in [0.05, 0.1) is 5.69 Å². The molecule has 1 heterocycles. The highest BCUT2D eigenvalue weighted by Gasteiger charge is 2.30. The molecule has 5 nitrogen and oxygen atoms in total. The molecule has 0 spiro atoms. The van der Waals surface area contributed by atoms with Crippen molar-refractivity contribution in [2.75, 3.05) is 12.1 Å². The number of nitrogens with one attached hydrogen (secondary N) is 1. The summed E-state index contributed by atoms with van der Waals surface area (Å²) in [6.07, 6.45) is -0.281. The molecule has 1 aliphatic heterocycles. The van der Waals surface area contributed by atoms with Crippen molar-refractivity contribution in [1.82, 2.24) is 10.4 Å². The van der Waals surface area contributed by atoms with E-state index in [1.807, 2.05) is 36.4 Å². The largest absolute Gasteiger partial charge is 0.291 e. The highest BCUT2D eigenvalue weighted by atomic mass is 35.5. The van der Waals surface area contributed by atoms with Crippen molar-refractivity contribution >= 4 is 40.5 Å². The predicted octanol–water partition coefficient (Wildman–Crippen LogP) is 3.85. The van der Waals surface area contributed by atoms with Crippen molar-refractivity contribution in [1.29, 1.82) is 0 Å². The van der Waals surface area contributed by atoms with Crippen LogP contribution in [0.4, 0.5) is 5.69 Å². The molecule has 1 aliphatic rings. The van der Waals surface area contributed by atoms with Crippen molar-refractivity contribution in [3.05, 3.63) is 64.1 Å². The van der Waals surface area contributed by atoms with Gasteiger partial charge in [0.2, 0.25) is 5.84 Å². The molecule has 0 unspecified atom stereocenters. The maximum Gasteiger partial charge on any atom is 0.206 e. The molecule has 0 radical (unpaired) electrons. The fourth-order valence-electron chi connectivity index (χ4n) is 2.49. The van der Waals surface area contributed by atoms with E-state index in [9.17, 15) is 4.79 Å². The summed E-state index contributed by atoms with van der Waals surface area (Å²) >= 11 is 12.0. The highest BCUT2D eigenvalue weighted by Crippen LogP contribution is 2.30. The zero-order valence-corrected chi connectivity index (χ0v) is 14.7. The standard InChI is InChI=1S/C17H16Cl2N4O/c1-11(24)16-21-23(15-9-7-14(19)8-10-15)17(20-22(16)2)12-3-5-13(18)6-4-12/h3-10,17,20H,1-2H3/t17-/m0/s1. The monoisotopic (exact) mass is 362 g/mol. The van der Waals surface area contributed by atoms with Crippen LogP contribution in [-0.2, 0) is 4.79 Å². The number of anilines is 1. The Morgan fingerprint density at radius 3 is 2.12 bits per heavy atom. The van der Waals surface area contributed by atoms with E-state index in [1.54, 1.807) is 29.2 Å². The van der Waals surface area contributed by atoms with Crippen molar-refractivity contribution in [2.45, 2.75) is 13.1 Å². The second kappa shape index (κ2) is 6.81. The lowest BCUT2D eigenvalue weighted by atomic mass is 10.1. The first-order chi connectivity index (χ1) is 11.5. The SMILES string of the molecule is CC(=O)C1=NN(c2ccc(Cl)cc2)[C@@H](c2ccc(Cl)cc2)NN1C. The number of nitrogens with zero attached hydrogens (tertiary/aromatic N) is 3. The van der Waals surface area contributed by atoms with E-state index >= 15 is 0 Å². The lowest BCUT2D eigenvalue weighted by Gasteiger charge is -2.39. The number of hydrazone groups is 1. The van der Waals surface area contributed by atoms with Gasteiger partial charge in [-0.25, -0.2) is 10.4 Å². The van der Waals surface area contributed by atoms with Crippen LogP contribution in [0.25, 0.3) is 0 Å². The number of amidine groups is 1. The van der Waals surface area contributed by atoms with Crippen molar-refractivity contribution in [3.63, 3.8) is 0 Å². The van der Waals surface area contributed by atoms with Crippen LogP contribution in [0.5, 0.6) is 0 Å². The molecule has 1 N–H and O–H groups in total. The topological polar surface area (TPSA) is 47.9 Å². The van der Waals surface area contributed by atoms with Gasteiger partial charge < -0.3 is 0 Å². The van der Waals surface area contributed by atoms with E-state index in [0.717, 1.165) is 11.3 Å². The molecule has 1 atom stereocenters. The molecule has 3 rings (SSSR count). The van der Waals surface area contributed by atoms with Crippen LogP contribution >= 0.6 is 23.2 Å². The number of Topliss-reactive ketones (excluding diaryl/α,β-unsaturated/α-hetero) is 1. The van der Waals surface area contributed by atoms with Gasteiger partial charge in [0.1, 0.15) is 6.17 Å². The van der Waals surface area contributed by atoms with E-state index in [0.29, 0.717) is 15.9 Å². The molecule has 2 aromatic carbocycles. The number of likely N-dealkylation sites (N-methyl/N-ethyl adjacent to an activating group) is 1. The van der Waals surface area contributed by atoms with Crippen LogP contribution in [0.2, 0.25) is 10.0 Å². The number of hydrazine groups is 1. The number of carbonyl (C=O) groups excluding carboxylic acids is 1. The first-order valence-electron chi connectivity index (χ1n) is 7.35. The van der Waals surface area contributed by atoms with Gasteiger partial charge in [-0.2, -0.15) is 0 Å². The molecule has 124 valence electrons. The Morgan fingerprint density at radius 2 is 1.58 bits per heavy atom. The second-order valence-corrected chi connectivity index (χ2v) is 6.32. The Morgan fingerprint density at radius 1 is 1.04 bits per heavy atom. The molecule has 0 bridgehead atoms. The summed E-state index contributed by atoms with van der Waals surface area (Å²) in [6, 6.07) is 14.8. The van der Waals surface area contributed by atoms with Crippen LogP contribution < -0.4 is 10.4 Å². The lowest BCUT2D eigenvalue weighted by Crippen LogP contribution is -2.54. The smallest absolute Gasteiger partial charge is 0.206 e. The Labute approximate surface area is 150 Å². The minimum Gasteiger partial charge on any atom is -0.291 e. The highest BCUT2D eigenvalue weighted by molar-refractivity contribution is 6.37. The molecular formula is C17H16Cl2N4O. The number of carbonyl (C=O) groups is 1. The quantitative estimate of drug-likeness (QED) is 0.900. The zero-order chi connectivity index (χ0) is 17.3. The third-order valence-corrected chi connectivity index (χ3v) is 4.18. The molecule has 0 saturated carbocycles. The van der Waals surface area contributed by atoms with Crippen molar-refractivity contribution < 1.29 is 4.79 Å². The fourth-order valence-corrected chi connectivity index (χ4v) is 2.75. The summed E-state index contributed by atoms with van der Waals surface area (Å²) in [6.45, 7) is 1.49. The normalized spacial score (nSPS) is 17.7. The van der Waals surface area contributed by atoms with E-state index in [4.69, 9.17) is 23.2 Å². The summed E-state index contributed by atoms with van der Waals surface area (Å²) in [7, 11) is 1.77. The number of hydrogen-bond donors (Lipinski definition) is 1. The van der Waals surface area contributed by atoms with Crippen LogP contribution in [0.15, 0.2) is 53.6 Å². The Bertz CT molecular complexity index is 774. The van der Waals surface area contributed by atoms with Gasteiger partial charge in [-0.15, -0.1) is 5.10 Å². The molecular weight excluding hydrogens is 347 g/mol. The van der Waals surface area contributed by atoms with Gasteiger partial charge in [0.15, 0.2) is 5.78 Å². The van der Waals surface area contributed by atoms with Crippen LogP contribution in [0.3, 0.4) is 0 Å². The summed E-state index contributed by atoms with van der Waals surface area (Å²) in [5, 5.41) is 9.22. The van der Waals surface area contributed by atoms with E-state index in [2.05, 4.69) is 10.5 Å². The summed E-state index contributed by atoms with van der Waals surface area (Å²) in [5.41, 5.74) is 5.06. The predicted molar refractivity (Wildman–Crippen MR) is 97.1 cm³/mol. The third-order valence-electron chi connectivity index (χ3n) is 3.67. The molecule has 0 aromatic heterocycles. The van der Waals surface area contributed by atoms with Gasteiger partial charge in [-0.05, 0) is 42.0 Å². The van der Waals surface area contributed by atoms with Crippen LogP contribution in [0.1, 0.15) is 18.7 Å². The Hall–Kier alpha value is -2.08. The molecule has 0 amide bonds. The number of benzene rings is 2. The van der Waals surface area contributed by atoms with Crippen molar-refractivity contribution in [3.8, 4) is 0 Å². The third kappa shape index (κ3) is 3.38. The molecule has 0 fully saturated rings. The molecule has 0 saturated heterocycles. The maximum absolute atomic E-state index is 11.9. The minimum atomic E-state index is -0.281. The fraction of sp³-hybridized carbons (Fsp3) is 0.176. The van der Waals surface area contributed by atoms with Crippen LogP contribution in [-0.4, -0.2) is 23.7 Å². The average molecular weight is 363 g/mol. The molecule has 7 heteroatoms. The number of hydrogen-bond acceptors (Lipinski definition) is 5. The summed E-state index contributed by atoms with van der Waals surface area (Å²) in [5.74, 6) is 0.202. The van der Waals surface area contributed by atoms with E-state index < -0.39 is 0 Å². The van der Waals surface area contributed by atoms with Gasteiger partial charge in [0.25, 0.3) is 0 Å². The lowest BCUT2D eigenvalue weighted by molar-refractivity contribution is -0.112. The maximum atomic E-state index is 11.9. The first-order valence-corrected chi connectivity index (χ1v) is 8.11. The molecule has 24 heavy (non-hydrogen) atoms. The van der Waals surface area contributed by atoms with E-state index in [1.165, 1.54) is 6.92 Å². The number of ketones is 1. The Kier molecular flexibility index (Phi) is 4.76. The van der Waals surface area contributed by atoms with Gasteiger partial charge in [-0.1, -0.05) is 35.3 Å². The number of halogens is 2. The van der Waals surface area contributed by atoms with E-state index in [-0.39, 0.29) is 11.9 Å². The van der Waals surface area contributed by atoms with Gasteiger partial charge in [-0.3, -0.25) is 9.80 Å². The van der Waals surface area contributed by atoms with Gasteiger partial charge in [0, 0.05) is 24.0 Å². The van der Waals surface area contributed by atoms with Crippen LogP contribution in [0, 0.1) is 0 Å². The minimum absolute atomic E-state index is 0.126. The van der Waals surface area contributed by atoms with Gasteiger partial charge >= 0.3 is 0 Å². The Balaban J connectivity index is 2.06.